The van der Waals surface area contributed by atoms with Crippen LogP contribution < -0.4 is 21.7 Å². The minimum absolute atomic E-state index is 0.0466. The number of nitrogens with zero attached hydrogens (tertiary/aromatic N) is 1. The summed E-state index contributed by atoms with van der Waals surface area (Å²) in [5.74, 6) is 1.15. The van der Waals surface area contributed by atoms with Crippen molar-refractivity contribution in [2.24, 2.45) is 33.9 Å². The number of nitrogens with two attached hydrogens (primary N) is 1. The predicted octanol–water partition coefficient (Wildman–Crippen LogP) is 3.28. The van der Waals surface area contributed by atoms with Gasteiger partial charge in [-0.05, 0) is 80.1 Å². The summed E-state index contributed by atoms with van der Waals surface area (Å²) in [4.78, 5) is 31.7. The van der Waals surface area contributed by atoms with E-state index in [1.165, 1.54) is 6.42 Å². The van der Waals surface area contributed by atoms with Crippen LogP contribution in [0, 0.1) is 23.2 Å². The summed E-state index contributed by atoms with van der Waals surface area (Å²) in [6, 6.07) is 3.34. The quantitative estimate of drug-likeness (QED) is 0.124. The van der Waals surface area contributed by atoms with E-state index >= 15 is 0 Å². The van der Waals surface area contributed by atoms with Crippen LogP contribution in [0.3, 0.4) is 0 Å². The van der Waals surface area contributed by atoms with E-state index in [1.54, 1.807) is 18.4 Å². The average Bonchev–Trinajstić information content (AvgIpc) is 3.55. The number of hydrogen-bond donors (Lipinski definition) is 4. The van der Waals surface area contributed by atoms with Gasteiger partial charge in [-0.2, -0.15) is 0 Å². The Hall–Kier alpha value is -2.11. The lowest BCUT2D eigenvalue weighted by molar-refractivity contribution is -0.199. The Morgan fingerprint density at radius 3 is 2.67 bits per heavy atom. The molecule has 2 amide bonds. The van der Waals surface area contributed by atoms with Crippen molar-refractivity contribution in [1.82, 2.24) is 16.0 Å². The largest absolute Gasteiger partial charge is 0.481 e. The molecule has 222 valence electrons. The molecule has 0 radical (unpaired) electrons. The number of amides is 2. The van der Waals surface area contributed by atoms with Crippen molar-refractivity contribution in [3.8, 4) is 0 Å². The first-order chi connectivity index (χ1) is 18.9. The van der Waals surface area contributed by atoms with E-state index in [0.717, 1.165) is 17.7 Å². The van der Waals surface area contributed by atoms with Crippen molar-refractivity contribution in [2.45, 2.75) is 103 Å². The number of thiophene rings is 1. The van der Waals surface area contributed by atoms with Crippen molar-refractivity contribution in [3.05, 3.63) is 22.4 Å². The summed E-state index contributed by atoms with van der Waals surface area (Å²) < 4.78 is 13.3. The molecule has 1 aromatic rings. The minimum Gasteiger partial charge on any atom is -0.404 e. The SMILES string of the molecule is CN=C(N)NCCC[C@H](NC(=O)CCc1cccs1)C(=O)N[C@@H](CC(C)C)B1O[C@@H]2C[C@@H]3C[C@@H](C3(C)C)[C@]2(C)O1. The Labute approximate surface area is 244 Å². The highest BCUT2D eigenvalue weighted by Gasteiger charge is 2.68. The molecule has 2 heterocycles. The van der Waals surface area contributed by atoms with E-state index in [4.69, 9.17) is 15.0 Å². The molecular weight excluding hydrogens is 525 g/mol. The van der Waals surface area contributed by atoms with Crippen LogP contribution in [0.25, 0.3) is 0 Å². The van der Waals surface area contributed by atoms with Crippen LogP contribution in [0.1, 0.15) is 78.0 Å². The highest BCUT2D eigenvalue weighted by atomic mass is 32.1. The Balaban J connectivity index is 1.41. The third-order valence-corrected chi connectivity index (χ3v) is 10.3. The molecule has 4 fully saturated rings. The molecule has 6 atom stereocenters. The molecule has 0 spiro atoms. The first kappa shape index (κ1) is 30.8. The number of hydrogen-bond acceptors (Lipinski definition) is 6. The third kappa shape index (κ3) is 6.85. The monoisotopic (exact) mass is 573 g/mol. The average molecular weight is 574 g/mol. The number of rotatable bonds is 13. The molecule has 4 aliphatic rings. The van der Waals surface area contributed by atoms with Gasteiger partial charge >= 0.3 is 7.12 Å². The molecule has 2 bridgehead atoms. The van der Waals surface area contributed by atoms with Gasteiger partial charge in [0.05, 0.1) is 17.6 Å². The van der Waals surface area contributed by atoms with Gasteiger partial charge in [0.25, 0.3) is 0 Å². The van der Waals surface area contributed by atoms with E-state index in [9.17, 15) is 9.59 Å². The molecular formula is C29H48BN5O4S. The minimum atomic E-state index is -0.668. The molecule has 40 heavy (non-hydrogen) atoms. The van der Waals surface area contributed by atoms with Gasteiger partial charge in [0.1, 0.15) is 6.04 Å². The molecule has 5 N–H and O–H groups in total. The molecule has 3 saturated carbocycles. The van der Waals surface area contributed by atoms with Crippen LogP contribution >= 0.6 is 11.3 Å². The zero-order valence-corrected chi connectivity index (χ0v) is 25.8. The zero-order chi connectivity index (χ0) is 29.1. The Morgan fingerprint density at radius 2 is 2.02 bits per heavy atom. The number of aliphatic imine (C=N–C) groups is 1. The van der Waals surface area contributed by atoms with E-state index in [1.807, 2.05) is 17.5 Å². The van der Waals surface area contributed by atoms with Gasteiger partial charge in [-0.1, -0.05) is 33.8 Å². The van der Waals surface area contributed by atoms with Gasteiger partial charge in [-0.25, -0.2) is 0 Å². The second kappa shape index (κ2) is 12.8. The second-order valence-electron chi connectivity index (χ2n) is 13.0. The molecule has 0 unspecified atom stereocenters. The second-order valence-corrected chi connectivity index (χ2v) is 14.0. The maximum absolute atomic E-state index is 13.7. The summed E-state index contributed by atoms with van der Waals surface area (Å²) in [6.07, 6.45) is 5.05. The number of carbonyl (C=O) groups excluding carboxylic acids is 2. The van der Waals surface area contributed by atoms with Crippen molar-refractivity contribution in [1.29, 1.82) is 0 Å². The molecule has 1 aromatic heterocycles. The molecule has 1 aliphatic heterocycles. The summed E-state index contributed by atoms with van der Waals surface area (Å²) in [5.41, 5.74) is 5.66. The summed E-state index contributed by atoms with van der Waals surface area (Å²) in [7, 11) is 1.11. The molecule has 1 saturated heterocycles. The Kier molecular flexibility index (Phi) is 9.89. The van der Waals surface area contributed by atoms with Crippen molar-refractivity contribution < 1.29 is 18.9 Å². The van der Waals surface area contributed by atoms with Crippen LogP contribution in [0.15, 0.2) is 22.5 Å². The molecule has 9 nitrogen and oxygen atoms in total. The van der Waals surface area contributed by atoms with Crippen molar-refractivity contribution >= 4 is 36.2 Å². The molecule has 0 aromatic carbocycles. The van der Waals surface area contributed by atoms with Crippen LogP contribution in [-0.2, 0) is 25.3 Å². The van der Waals surface area contributed by atoms with Crippen molar-refractivity contribution in [3.63, 3.8) is 0 Å². The van der Waals surface area contributed by atoms with Crippen LogP contribution in [-0.4, -0.2) is 62.2 Å². The normalized spacial score (nSPS) is 28.4. The fourth-order valence-corrected chi connectivity index (χ4v) is 7.64. The highest BCUT2D eigenvalue weighted by Crippen LogP contribution is 2.65. The van der Waals surface area contributed by atoms with Crippen LogP contribution in [0.4, 0.5) is 0 Å². The van der Waals surface area contributed by atoms with E-state index in [2.05, 4.69) is 55.6 Å². The molecule has 5 rings (SSSR count). The smallest absolute Gasteiger partial charge is 0.404 e. The maximum atomic E-state index is 13.7. The number of carbonyl (C=O) groups is 2. The first-order valence-corrected chi connectivity index (χ1v) is 15.7. The van der Waals surface area contributed by atoms with Gasteiger partial charge in [0.2, 0.25) is 11.8 Å². The number of aryl methyl sites for hydroxylation is 1. The van der Waals surface area contributed by atoms with E-state index in [-0.39, 0.29) is 34.9 Å². The lowest BCUT2D eigenvalue weighted by atomic mass is 9.43. The van der Waals surface area contributed by atoms with E-state index < -0.39 is 13.2 Å². The summed E-state index contributed by atoms with van der Waals surface area (Å²) >= 11 is 1.63. The van der Waals surface area contributed by atoms with Crippen LogP contribution in [0.2, 0.25) is 0 Å². The van der Waals surface area contributed by atoms with E-state index in [0.29, 0.717) is 55.9 Å². The van der Waals surface area contributed by atoms with Gasteiger partial charge in [0, 0.05) is 24.9 Å². The molecule has 11 heteroatoms. The lowest BCUT2D eigenvalue weighted by Gasteiger charge is -2.64. The topological polar surface area (TPSA) is 127 Å². The number of guanidine groups is 1. The lowest BCUT2D eigenvalue weighted by Crippen LogP contribution is -2.65. The third-order valence-electron chi connectivity index (χ3n) is 9.40. The predicted molar refractivity (Wildman–Crippen MR) is 161 cm³/mol. The molecule has 3 aliphatic carbocycles. The standard InChI is InChI=1S/C29H48BN5O4S/c1-18(2)15-24(30-38-23-17-19-16-22(28(19,3)4)29(23,5)39-30)35-26(37)21(10-7-13-33-27(31)32-6)34-25(36)12-11-20-9-8-14-40-20/h8-9,14,18-19,21-24H,7,10-13,15-17H2,1-6H3,(H,34,36)(H,35,37)(H3,31,32,33)/t19-,21-,22-,23+,24-,29-/m0/s1. The summed E-state index contributed by atoms with van der Waals surface area (Å²) in [6.45, 7) is 11.7. The van der Waals surface area contributed by atoms with Gasteiger partial charge < -0.3 is 31.0 Å². The highest BCUT2D eigenvalue weighted by molar-refractivity contribution is 7.09. The van der Waals surface area contributed by atoms with Crippen LogP contribution in [0.5, 0.6) is 0 Å². The fourth-order valence-electron chi connectivity index (χ4n) is 6.93. The summed E-state index contributed by atoms with van der Waals surface area (Å²) in [5, 5.41) is 11.3. The first-order valence-electron chi connectivity index (χ1n) is 14.9. The van der Waals surface area contributed by atoms with Gasteiger partial charge in [-0.15, -0.1) is 11.3 Å². The number of nitrogens with one attached hydrogen (secondary N) is 3. The Morgan fingerprint density at radius 1 is 1.25 bits per heavy atom. The van der Waals surface area contributed by atoms with Gasteiger partial charge in [0.15, 0.2) is 5.96 Å². The maximum Gasteiger partial charge on any atom is 0.481 e. The fraction of sp³-hybridized carbons (Fsp3) is 0.759. The zero-order valence-electron chi connectivity index (χ0n) is 25.0. The Bertz CT molecular complexity index is 1050. The van der Waals surface area contributed by atoms with Gasteiger partial charge in [-0.3, -0.25) is 14.6 Å². The van der Waals surface area contributed by atoms with Crippen molar-refractivity contribution in [2.75, 3.05) is 13.6 Å².